The molecule has 1 aliphatic rings. The topological polar surface area (TPSA) is 46.6 Å². The summed E-state index contributed by atoms with van der Waals surface area (Å²) in [4.78, 5) is 25.5. The zero-order valence-corrected chi connectivity index (χ0v) is 15.3. The molecule has 1 aromatic carbocycles. The molecule has 138 valence electrons. The molecule has 1 atom stereocenters. The van der Waals surface area contributed by atoms with Crippen molar-refractivity contribution in [1.29, 1.82) is 0 Å². The lowest BCUT2D eigenvalue weighted by Gasteiger charge is -2.18. The van der Waals surface area contributed by atoms with E-state index < -0.39 is 6.09 Å². The van der Waals surface area contributed by atoms with Gasteiger partial charge in [0.15, 0.2) is 0 Å². The molecule has 2 amide bonds. The summed E-state index contributed by atoms with van der Waals surface area (Å²) in [6.45, 7) is 2.25. The van der Waals surface area contributed by atoms with Crippen molar-refractivity contribution in [2.75, 3.05) is 6.61 Å². The normalized spacial score (nSPS) is 17.7. The number of carbonyl (C=O) groups is 2. The molecule has 1 aliphatic heterocycles. The van der Waals surface area contributed by atoms with E-state index in [4.69, 9.17) is 4.74 Å². The molecule has 0 saturated carbocycles. The molecule has 1 fully saturated rings. The summed E-state index contributed by atoms with van der Waals surface area (Å²) in [7, 11) is 0. The van der Waals surface area contributed by atoms with E-state index in [1.165, 1.54) is 11.0 Å². The molecule has 4 heteroatoms. The summed E-state index contributed by atoms with van der Waals surface area (Å²) in [5.74, 6) is -0.290. The lowest BCUT2D eigenvalue weighted by Crippen LogP contribution is -2.39. The van der Waals surface area contributed by atoms with Crippen LogP contribution in [0.15, 0.2) is 66.8 Å². The summed E-state index contributed by atoms with van der Waals surface area (Å²) < 4.78 is 5.08. The van der Waals surface area contributed by atoms with Crippen LogP contribution in [0.1, 0.15) is 38.2 Å². The fourth-order valence-electron chi connectivity index (χ4n) is 2.84. The second kappa shape index (κ2) is 11.1. The zero-order valence-electron chi connectivity index (χ0n) is 15.3. The first kappa shape index (κ1) is 19.7. The van der Waals surface area contributed by atoms with Crippen LogP contribution in [0.25, 0.3) is 0 Å². The number of hydrogen-bond acceptors (Lipinski definition) is 3. The summed E-state index contributed by atoms with van der Waals surface area (Å²) >= 11 is 0. The molecular formula is C22H27NO3. The lowest BCUT2D eigenvalue weighted by atomic mass is 10.1. The van der Waals surface area contributed by atoms with Crippen LogP contribution in [0, 0.1) is 0 Å². The number of nitrogens with zero attached hydrogens (tertiary/aromatic N) is 1. The molecule has 1 saturated heterocycles. The van der Waals surface area contributed by atoms with Gasteiger partial charge in [0, 0.05) is 0 Å². The largest absolute Gasteiger partial charge is 0.447 e. The minimum absolute atomic E-state index is 0.237. The summed E-state index contributed by atoms with van der Waals surface area (Å²) in [6.07, 6.45) is 15.6. The van der Waals surface area contributed by atoms with E-state index in [0.717, 1.165) is 31.2 Å². The first-order chi connectivity index (χ1) is 12.7. The highest BCUT2D eigenvalue weighted by molar-refractivity contribution is 5.99. The number of cyclic esters (lactones) is 1. The van der Waals surface area contributed by atoms with Gasteiger partial charge in [0.2, 0.25) is 0 Å². The Kier molecular flexibility index (Phi) is 8.40. The van der Waals surface area contributed by atoms with Crippen molar-refractivity contribution in [3.8, 4) is 0 Å². The van der Waals surface area contributed by atoms with Crippen molar-refractivity contribution in [2.24, 2.45) is 0 Å². The molecule has 26 heavy (non-hydrogen) atoms. The number of benzene rings is 1. The number of unbranched alkanes of at least 4 members (excludes halogenated alkanes) is 3. The first-order valence-electron chi connectivity index (χ1n) is 9.20. The van der Waals surface area contributed by atoms with E-state index >= 15 is 0 Å². The minimum Gasteiger partial charge on any atom is -0.447 e. The van der Waals surface area contributed by atoms with Crippen LogP contribution in [-0.2, 0) is 16.0 Å². The van der Waals surface area contributed by atoms with E-state index in [-0.39, 0.29) is 18.6 Å². The molecular weight excluding hydrogens is 326 g/mol. The summed E-state index contributed by atoms with van der Waals surface area (Å²) in [6, 6.07) is 9.60. The number of amides is 2. The quantitative estimate of drug-likeness (QED) is 0.363. The molecule has 1 heterocycles. The Labute approximate surface area is 155 Å². The van der Waals surface area contributed by atoms with E-state index in [9.17, 15) is 9.59 Å². The molecule has 2 rings (SSSR count). The predicted molar refractivity (Wildman–Crippen MR) is 104 cm³/mol. The van der Waals surface area contributed by atoms with Crippen molar-refractivity contribution in [3.63, 3.8) is 0 Å². The zero-order chi connectivity index (χ0) is 18.6. The number of imide groups is 1. The van der Waals surface area contributed by atoms with Gasteiger partial charge in [0.1, 0.15) is 6.61 Å². The van der Waals surface area contributed by atoms with Crippen molar-refractivity contribution >= 4 is 12.0 Å². The van der Waals surface area contributed by atoms with Gasteiger partial charge < -0.3 is 4.74 Å². The number of rotatable bonds is 9. The van der Waals surface area contributed by atoms with Gasteiger partial charge in [0.05, 0.1) is 6.04 Å². The molecule has 0 spiro atoms. The molecule has 0 radical (unpaired) electrons. The highest BCUT2D eigenvalue weighted by Gasteiger charge is 2.36. The maximum Gasteiger partial charge on any atom is 0.417 e. The highest BCUT2D eigenvalue weighted by Crippen LogP contribution is 2.18. The molecule has 1 aromatic rings. The van der Waals surface area contributed by atoms with Gasteiger partial charge in [-0.15, -0.1) is 0 Å². The molecule has 4 nitrogen and oxygen atoms in total. The highest BCUT2D eigenvalue weighted by atomic mass is 16.6. The van der Waals surface area contributed by atoms with E-state index in [0.29, 0.717) is 6.42 Å². The SMILES string of the molecule is C/C=C/C=C/CCCC/C=C/C(=O)N1C(=O)OC[C@H]1Cc1ccccc1. The smallest absolute Gasteiger partial charge is 0.417 e. The summed E-state index contributed by atoms with van der Waals surface area (Å²) in [5, 5.41) is 0. The summed E-state index contributed by atoms with van der Waals surface area (Å²) in [5.41, 5.74) is 1.09. The minimum atomic E-state index is -0.547. The Bertz CT molecular complexity index is 661. The van der Waals surface area contributed by atoms with Crippen molar-refractivity contribution < 1.29 is 14.3 Å². The monoisotopic (exact) mass is 353 g/mol. The molecule has 0 aliphatic carbocycles. The van der Waals surface area contributed by atoms with E-state index in [2.05, 4.69) is 6.08 Å². The third kappa shape index (κ3) is 6.36. The fraction of sp³-hybridized carbons (Fsp3) is 0.364. The molecule has 0 unspecified atom stereocenters. The van der Waals surface area contributed by atoms with Crippen LogP contribution in [0.5, 0.6) is 0 Å². The number of ether oxygens (including phenoxy) is 1. The molecule has 0 bridgehead atoms. The van der Waals surface area contributed by atoms with Crippen LogP contribution >= 0.6 is 0 Å². The van der Waals surface area contributed by atoms with Gasteiger partial charge in [-0.3, -0.25) is 4.79 Å². The Morgan fingerprint density at radius 1 is 1.15 bits per heavy atom. The average molecular weight is 353 g/mol. The number of hydrogen-bond donors (Lipinski definition) is 0. The maximum atomic E-state index is 12.4. The van der Waals surface area contributed by atoms with Gasteiger partial charge >= 0.3 is 6.09 Å². The molecule has 0 N–H and O–H groups in total. The molecule has 0 aromatic heterocycles. The standard InChI is InChI=1S/C22H27NO3/c1-2-3-4-5-6-7-8-9-13-16-21(24)23-20(18-26-22(23)25)17-19-14-11-10-12-15-19/h2-5,10-16,20H,6-9,17-18H2,1H3/b3-2+,5-4+,16-13+/t20-/m1/s1. The van der Waals surface area contributed by atoms with Crippen LogP contribution < -0.4 is 0 Å². The van der Waals surface area contributed by atoms with Crippen LogP contribution in [0.4, 0.5) is 4.79 Å². The first-order valence-corrected chi connectivity index (χ1v) is 9.20. The van der Waals surface area contributed by atoms with Gasteiger partial charge in [-0.2, -0.15) is 0 Å². The fourth-order valence-corrected chi connectivity index (χ4v) is 2.84. The van der Waals surface area contributed by atoms with Crippen LogP contribution in [-0.4, -0.2) is 29.5 Å². The Morgan fingerprint density at radius 3 is 2.62 bits per heavy atom. The predicted octanol–water partition coefficient (Wildman–Crippen LogP) is 4.83. The maximum absolute atomic E-state index is 12.4. The lowest BCUT2D eigenvalue weighted by molar-refractivity contribution is -0.124. The Balaban J connectivity index is 1.78. The van der Waals surface area contributed by atoms with Crippen molar-refractivity contribution in [3.05, 3.63) is 72.4 Å². The van der Waals surface area contributed by atoms with Crippen molar-refractivity contribution in [1.82, 2.24) is 4.90 Å². The number of carbonyl (C=O) groups excluding carboxylic acids is 2. The van der Waals surface area contributed by atoms with Crippen LogP contribution in [0.3, 0.4) is 0 Å². The third-order valence-electron chi connectivity index (χ3n) is 4.20. The van der Waals surface area contributed by atoms with Gasteiger partial charge in [-0.1, -0.05) is 60.7 Å². The second-order valence-electron chi connectivity index (χ2n) is 6.27. The van der Waals surface area contributed by atoms with Gasteiger partial charge in [0.25, 0.3) is 5.91 Å². The van der Waals surface area contributed by atoms with Gasteiger partial charge in [-0.05, 0) is 50.7 Å². The van der Waals surface area contributed by atoms with Crippen molar-refractivity contribution in [2.45, 2.75) is 45.1 Å². The third-order valence-corrected chi connectivity index (χ3v) is 4.20. The number of allylic oxidation sites excluding steroid dienone is 5. The van der Waals surface area contributed by atoms with Crippen LogP contribution in [0.2, 0.25) is 0 Å². The van der Waals surface area contributed by atoms with Gasteiger partial charge in [-0.25, -0.2) is 9.69 Å². The van der Waals surface area contributed by atoms with E-state index in [1.54, 1.807) is 0 Å². The second-order valence-corrected chi connectivity index (χ2v) is 6.27. The Morgan fingerprint density at radius 2 is 1.88 bits per heavy atom. The van der Waals surface area contributed by atoms with E-state index in [1.807, 2.05) is 61.6 Å². The Hall–Kier alpha value is -2.62. The average Bonchev–Trinajstić information content (AvgIpc) is 3.01.